The van der Waals surface area contributed by atoms with Gasteiger partial charge in [-0.15, -0.1) is 0 Å². The molecule has 1 aromatic carbocycles. The Morgan fingerprint density at radius 3 is 2.57 bits per heavy atom. The quantitative estimate of drug-likeness (QED) is 0.894. The minimum absolute atomic E-state index is 0.158. The summed E-state index contributed by atoms with van der Waals surface area (Å²) in [5.41, 5.74) is 1.04. The van der Waals surface area contributed by atoms with Gasteiger partial charge in [0.1, 0.15) is 5.60 Å². The van der Waals surface area contributed by atoms with Crippen LogP contribution in [0.3, 0.4) is 0 Å². The molecule has 2 amide bonds. The topological polar surface area (TPSA) is 67.4 Å². The second kappa shape index (κ2) is 7.31. The number of carbonyl (C=O) groups is 2. The van der Waals surface area contributed by atoms with Crippen molar-refractivity contribution in [3.05, 3.63) is 28.8 Å². The van der Waals surface area contributed by atoms with Crippen LogP contribution in [0.2, 0.25) is 5.02 Å². The molecule has 0 saturated heterocycles. The third kappa shape index (κ3) is 6.99. The Morgan fingerprint density at radius 2 is 1.95 bits per heavy atom. The molecule has 0 radical (unpaired) electrons. The number of hydrogen-bond acceptors (Lipinski definition) is 3. The molecule has 0 unspecified atom stereocenters. The zero-order chi connectivity index (χ0) is 16.0. The van der Waals surface area contributed by atoms with Gasteiger partial charge in [-0.2, -0.15) is 0 Å². The van der Waals surface area contributed by atoms with Gasteiger partial charge < -0.3 is 15.4 Å². The van der Waals surface area contributed by atoms with Crippen LogP contribution >= 0.6 is 11.6 Å². The highest BCUT2D eigenvalue weighted by Crippen LogP contribution is 2.20. The summed E-state index contributed by atoms with van der Waals surface area (Å²) in [7, 11) is 0. The summed E-state index contributed by atoms with van der Waals surface area (Å²) in [5.74, 6) is -0.198. The summed E-state index contributed by atoms with van der Waals surface area (Å²) in [4.78, 5) is 23.2. The molecule has 0 saturated carbocycles. The lowest BCUT2D eigenvalue weighted by molar-refractivity contribution is -0.116. The second-order valence-electron chi connectivity index (χ2n) is 5.69. The zero-order valence-corrected chi connectivity index (χ0v) is 13.5. The SMILES string of the molecule is Cc1ccc(Cl)cc1NC(=O)CCNC(=O)OC(C)(C)C. The van der Waals surface area contributed by atoms with E-state index in [9.17, 15) is 9.59 Å². The molecule has 0 heterocycles. The molecule has 0 fully saturated rings. The van der Waals surface area contributed by atoms with Crippen molar-refractivity contribution in [1.29, 1.82) is 0 Å². The molecule has 116 valence electrons. The predicted octanol–water partition coefficient (Wildman–Crippen LogP) is 3.50. The monoisotopic (exact) mass is 312 g/mol. The van der Waals surface area contributed by atoms with Crippen molar-refractivity contribution in [3.63, 3.8) is 0 Å². The zero-order valence-electron chi connectivity index (χ0n) is 12.7. The van der Waals surface area contributed by atoms with Crippen LogP contribution in [0.1, 0.15) is 32.8 Å². The Balaban J connectivity index is 2.38. The Kier molecular flexibility index (Phi) is 6.03. The Labute approximate surface area is 130 Å². The molecule has 0 aliphatic heterocycles. The number of aryl methyl sites for hydroxylation is 1. The lowest BCUT2D eigenvalue weighted by atomic mass is 10.2. The van der Waals surface area contributed by atoms with Crippen LogP contribution in [-0.4, -0.2) is 24.1 Å². The van der Waals surface area contributed by atoms with Crippen molar-refractivity contribution in [2.45, 2.75) is 39.7 Å². The number of hydrogen-bond donors (Lipinski definition) is 2. The number of amides is 2. The maximum atomic E-state index is 11.8. The van der Waals surface area contributed by atoms with Gasteiger partial charge in [0.15, 0.2) is 0 Å². The highest BCUT2D eigenvalue weighted by Gasteiger charge is 2.15. The fraction of sp³-hybridized carbons (Fsp3) is 0.467. The fourth-order valence-corrected chi connectivity index (χ4v) is 1.71. The number of rotatable bonds is 4. The first kappa shape index (κ1) is 17.3. The van der Waals surface area contributed by atoms with E-state index >= 15 is 0 Å². The molecular formula is C15H21ClN2O3. The van der Waals surface area contributed by atoms with Gasteiger partial charge >= 0.3 is 6.09 Å². The summed E-state index contributed by atoms with van der Waals surface area (Å²) in [6.07, 6.45) is -0.375. The van der Waals surface area contributed by atoms with Crippen molar-refractivity contribution in [3.8, 4) is 0 Å². The summed E-state index contributed by atoms with van der Waals surface area (Å²) in [6.45, 7) is 7.43. The molecule has 0 spiro atoms. The molecule has 6 heteroatoms. The third-order valence-corrected chi connectivity index (χ3v) is 2.73. The van der Waals surface area contributed by atoms with Gasteiger partial charge in [0.25, 0.3) is 0 Å². The van der Waals surface area contributed by atoms with Crippen molar-refractivity contribution >= 4 is 29.3 Å². The van der Waals surface area contributed by atoms with Crippen LogP contribution in [0.5, 0.6) is 0 Å². The summed E-state index contributed by atoms with van der Waals surface area (Å²) in [5, 5.41) is 5.85. The van der Waals surface area contributed by atoms with Crippen molar-refractivity contribution in [1.82, 2.24) is 5.32 Å². The molecule has 1 rings (SSSR count). The molecule has 0 aliphatic rings. The highest BCUT2D eigenvalue weighted by atomic mass is 35.5. The van der Waals surface area contributed by atoms with E-state index in [1.54, 1.807) is 32.9 Å². The lowest BCUT2D eigenvalue weighted by Crippen LogP contribution is -2.34. The number of halogens is 1. The molecule has 0 bridgehead atoms. The number of benzene rings is 1. The lowest BCUT2D eigenvalue weighted by Gasteiger charge is -2.19. The molecule has 5 nitrogen and oxygen atoms in total. The van der Waals surface area contributed by atoms with E-state index in [1.807, 2.05) is 13.0 Å². The van der Waals surface area contributed by atoms with Crippen LogP contribution < -0.4 is 10.6 Å². The fourth-order valence-electron chi connectivity index (χ4n) is 1.53. The molecular weight excluding hydrogens is 292 g/mol. The van der Waals surface area contributed by atoms with Gasteiger partial charge in [-0.25, -0.2) is 4.79 Å². The average Bonchev–Trinajstić information content (AvgIpc) is 2.31. The molecule has 0 atom stereocenters. The Bertz CT molecular complexity index is 524. The van der Waals surface area contributed by atoms with E-state index in [-0.39, 0.29) is 18.9 Å². The maximum absolute atomic E-state index is 11.8. The van der Waals surface area contributed by atoms with E-state index in [4.69, 9.17) is 16.3 Å². The summed E-state index contributed by atoms with van der Waals surface area (Å²) >= 11 is 5.88. The first-order chi connectivity index (χ1) is 9.67. The van der Waals surface area contributed by atoms with Gasteiger partial charge in [-0.3, -0.25) is 4.79 Å². The smallest absolute Gasteiger partial charge is 0.407 e. The van der Waals surface area contributed by atoms with Crippen molar-refractivity contribution in [2.75, 3.05) is 11.9 Å². The van der Waals surface area contributed by atoms with E-state index < -0.39 is 11.7 Å². The van der Waals surface area contributed by atoms with Crippen LogP contribution in [0.15, 0.2) is 18.2 Å². The van der Waals surface area contributed by atoms with E-state index in [0.717, 1.165) is 5.56 Å². The molecule has 0 aliphatic carbocycles. The third-order valence-electron chi connectivity index (χ3n) is 2.49. The van der Waals surface area contributed by atoms with Gasteiger partial charge in [0.05, 0.1) is 0 Å². The van der Waals surface area contributed by atoms with Gasteiger partial charge in [0, 0.05) is 23.7 Å². The van der Waals surface area contributed by atoms with Gasteiger partial charge in [-0.05, 0) is 45.4 Å². The highest BCUT2D eigenvalue weighted by molar-refractivity contribution is 6.31. The van der Waals surface area contributed by atoms with E-state index in [0.29, 0.717) is 10.7 Å². The first-order valence-electron chi connectivity index (χ1n) is 6.70. The minimum Gasteiger partial charge on any atom is -0.444 e. The maximum Gasteiger partial charge on any atom is 0.407 e. The molecule has 2 N–H and O–H groups in total. The number of alkyl carbamates (subject to hydrolysis) is 1. The van der Waals surface area contributed by atoms with Crippen LogP contribution in [-0.2, 0) is 9.53 Å². The number of carbonyl (C=O) groups excluding carboxylic acids is 2. The number of anilines is 1. The number of ether oxygens (including phenoxy) is 1. The normalized spacial score (nSPS) is 10.9. The standard InChI is InChI=1S/C15H21ClN2O3/c1-10-5-6-11(16)9-12(10)18-13(19)7-8-17-14(20)21-15(2,3)4/h5-6,9H,7-8H2,1-4H3,(H,17,20)(H,18,19). The second-order valence-corrected chi connectivity index (χ2v) is 6.12. The summed E-state index contributed by atoms with van der Waals surface area (Å²) in [6, 6.07) is 5.28. The van der Waals surface area contributed by atoms with E-state index in [2.05, 4.69) is 10.6 Å². The number of nitrogens with one attached hydrogen (secondary N) is 2. The van der Waals surface area contributed by atoms with Crippen molar-refractivity contribution in [2.24, 2.45) is 0 Å². The minimum atomic E-state index is -0.551. The van der Waals surface area contributed by atoms with Crippen LogP contribution in [0, 0.1) is 6.92 Å². The predicted molar refractivity (Wildman–Crippen MR) is 83.7 cm³/mol. The average molecular weight is 313 g/mol. The van der Waals surface area contributed by atoms with Gasteiger partial charge in [0.2, 0.25) is 5.91 Å². The molecule has 1 aromatic rings. The Morgan fingerprint density at radius 1 is 1.29 bits per heavy atom. The Hall–Kier alpha value is -1.75. The summed E-state index contributed by atoms with van der Waals surface area (Å²) < 4.78 is 5.07. The van der Waals surface area contributed by atoms with Crippen molar-refractivity contribution < 1.29 is 14.3 Å². The molecule has 21 heavy (non-hydrogen) atoms. The largest absolute Gasteiger partial charge is 0.444 e. The van der Waals surface area contributed by atoms with Gasteiger partial charge in [-0.1, -0.05) is 17.7 Å². The molecule has 0 aromatic heterocycles. The van der Waals surface area contributed by atoms with Crippen LogP contribution in [0.4, 0.5) is 10.5 Å². The van der Waals surface area contributed by atoms with E-state index in [1.165, 1.54) is 0 Å². The first-order valence-corrected chi connectivity index (χ1v) is 7.08. The van der Waals surface area contributed by atoms with Crippen LogP contribution in [0.25, 0.3) is 0 Å².